The molecule has 3 aromatic rings. The third-order valence-corrected chi connectivity index (χ3v) is 9.79. The van der Waals surface area contributed by atoms with Crippen LogP contribution in [0.2, 0.25) is 0 Å². The Morgan fingerprint density at radius 3 is 2.73 bits per heavy atom. The molecule has 0 bridgehead atoms. The molecule has 4 aliphatic rings. The molecule has 9 nitrogen and oxygen atoms in total. The van der Waals surface area contributed by atoms with E-state index < -0.39 is 0 Å². The number of aromatic nitrogens is 2. The highest BCUT2D eigenvalue weighted by atomic mass is 16.5. The highest BCUT2D eigenvalue weighted by molar-refractivity contribution is 5.94. The molecular formula is C35H41N7O2. The highest BCUT2D eigenvalue weighted by Crippen LogP contribution is 2.36. The number of nitrogens with zero attached hydrogens (tertiary/aromatic N) is 7. The molecule has 2 unspecified atom stereocenters. The summed E-state index contributed by atoms with van der Waals surface area (Å²) in [5.41, 5.74) is 3.35. The molecule has 228 valence electrons. The van der Waals surface area contributed by atoms with Crippen molar-refractivity contribution in [3.05, 3.63) is 66.4 Å². The number of carbonyl (C=O) groups excluding carboxylic acids is 1. The zero-order valence-corrected chi connectivity index (χ0v) is 25.4. The smallest absolute Gasteiger partial charge is 0.318 e. The van der Waals surface area contributed by atoms with E-state index in [4.69, 9.17) is 14.7 Å². The van der Waals surface area contributed by atoms with Crippen molar-refractivity contribution in [3.63, 3.8) is 0 Å². The molecular weight excluding hydrogens is 550 g/mol. The van der Waals surface area contributed by atoms with E-state index in [1.807, 2.05) is 0 Å². The van der Waals surface area contributed by atoms with Gasteiger partial charge in [0.2, 0.25) is 5.91 Å². The first kappa shape index (κ1) is 28.6. The number of hydrogen-bond acceptors (Lipinski definition) is 8. The Balaban J connectivity index is 1.19. The van der Waals surface area contributed by atoms with E-state index >= 15 is 0 Å². The van der Waals surface area contributed by atoms with Gasteiger partial charge in [-0.15, -0.1) is 0 Å². The number of fused-ring (bicyclic) bond motifs is 2. The van der Waals surface area contributed by atoms with Crippen LogP contribution in [-0.2, 0) is 17.8 Å². The third-order valence-electron chi connectivity index (χ3n) is 9.79. The molecule has 1 saturated carbocycles. The molecule has 44 heavy (non-hydrogen) atoms. The van der Waals surface area contributed by atoms with Gasteiger partial charge in [-0.3, -0.25) is 9.69 Å². The first-order valence-electron chi connectivity index (χ1n) is 16.2. The van der Waals surface area contributed by atoms with Gasteiger partial charge in [0, 0.05) is 55.4 Å². The number of carbonyl (C=O) groups is 1. The van der Waals surface area contributed by atoms with Crippen LogP contribution in [0.1, 0.15) is 43.4 Å². The predicted octanol–water partition coefficient (Wildman–Crippen LogP) is 4.56. The van der Waals surface area contributed by atoms with Gasteiger partial charge in [0.15, 0.2) is 0 Å². The van der Waals surface area contributed by atoms with Crippen molar-refractivity contribution in [1.82, 2.24) is 19.8 Å². The fraction of sp³-hybridized carbons (Fsp3) is 0.486. The van der Waals surface area contributed by atoms with Gasteiger partial charge in [-0.05, 0) is 62.1 Å². The summed E-state index contributed by atoms with van der Waals surface area (Å²) in [5, 5.41) is 12.0. The van der Waals surface area contributed by atoms with E-state index in [-0.39, 0.29) is 18.4 Å². The van der Waals surface area contributed by atoms with Gasteiger partial charge in [0.05, 0.1) is 30.8 Å². The molecule has 0 radical (unpaired) electrons. The van der Waals surface area contributed by atoms with Crippen molar-refractivity contribution in [3.8, 4) is 12.1 Å². The van der Waals surface area contributed by atoms with Crippen molar-refractivity contribution >= 4 is 28.2 Å². The number of piperazine rings is 1. The summed E-state index contributed by atoms with van der Waals surface area (Å²) in [5.74, 6) is 1.62. The number of rotatable bonds is 9. The van der Waals surface area contributed by atoms with E-state index in [1.165, 1.54) is 48.3 Å². The Hall–Kier alpha value is -4.16. The SMILES string of the molecule is C=CC(=O)N1CCN(c2nc(OCC3CCCN3CC3CC3)nc3c2CCN(c2cccc4ccccc24)C3)CC1CC#N. The van der Waals surface area contributed by atoms with Crippen LogP contribution in [0.5, 0.6) is 6.01 Å². The monoisotopic (exact) mass is 591 g/mol. The van der Waals surface area contributed by atoms with Gasteiger partial charge in [0.1, 0.15) is 12.4 Å². The van der Waals surface area contributed by atoms with Gasteiger partial charge in [-0.2, -0.15) is 15.2 Å². The average molecular weight is 592 g/mol. The molecule has 2 atom stereocenters. The molecule has 0 spiro atoms. The maximum absolute atomic E-state index is 12.6. The second kappa shape index (κ2) is 12.4. The van der Waals surface area contributed by atoms with Gasteiger partial charge >= 0.3 is 6.01 Å². The summed E-state index contributed by atoms with van der Waals surface area (Å²) in [6, 6.07) is 17.9. The molecule has 4 heterocycles. The molecule has 1 aromatic heterocycles. The minimum atomic E-state index is -0.223. The number of hydrogen-bond donors (Lipinski definition) is 0. The topological polar surface area (TPSA) is 88.8 Å². The molecule has 1 amide bonds. The molecule has 2 aromatic carbocycles. The Morgan fingerprint density at radius 1 is 1.02 bits per heavy atom. The minimum Gasteiger partial charge on any atom is -0.462 e. The number of ether oxygens (including phenoxy) is 1. The minimum absolute atomic E-state index is 0.128. The fourth-order valence-electron chi connectivity index (χ4n) is 7.27. The lowest BCUT2D eigenvalue weighted by Crippen LogP contribution is -2.55. The average Bonchev–Trinajstić information content (AvgIpc) is 3.78. The first-order valence-corrected chi connectivity index (χ1v) is 16.2. The lowest BCUT2D eigenvalue weighted by Gasteiger charge is -2.42. The van der Waals surface area contributed by atoms with E-state index in [0.717, 1.165) is 48.9 Å². The van der Waals surface area contributed by atoms with Gasteiger partial charge in [-0.25, -0.2) is 0 Å². The molecule has 3 aliphatic heterocycles. The lowest BCUT2D eigenvalue weighted by molar-refractivity contribution is -0.128. The summed E-state index contributed by atoms with van der Waals surface area (Å²) in [7, 11) is 0. The first-order chi connectivity index (χ1) is 21.6. The van der Waals surface area contributed by atoms with E-state index in [9.17, 15) is 10.1 Å². The van der Waals surface area contributed by atoms with Gasteiger partial charge in [0.25, 0.3) is 0 Å². The number of anilines is 2. The Kier molecular flexibility index (Phi) is 8.09. The van der Waals surface area contributed by atoms with Gasteiger partial charge in [-0.1, -0.05) is 43.0 Å². The summed E-state index contributed by atoms with van der Waals surface area (Å²) >= 11 is 0. The number of benzene rings is 2. The Morgan fingerprint density at radius 2 is 1.89 bits per heavy atom. The molecule has 3 fully saturated rings. The van der Waals surface area contributed by atoms with Crippen LogP contribution in [0.25, 0.3) is 10.8 Å². The predicted molar refractivity (Wildman–Crippen MR) is 172 cm³/mol. The van der Waals surface area contributed by atoms with E-state index in [1.54, 1.807) is 4.90 Å². The van der Waals surface area contributed by atoms with Crippen LogP contribution in [0.4, 0.5) is 11.5 Å². The van der Waals surface area contributed by atoms with Crippen molar-refractivity contribution in [2.24, 2.45) is 5.92 Å². The summed E-state index contributed by atoms with van der Waals surface area (Å²) in [4.78, 5) is 31.7. The number of nitriles is 1. The normalized spacial score (nSPS) is 22.1. The Labute approximate surface area is 259 Å². The zero-order valence-electron chi connectivity index (χ0n) is 25.4. The van der Waals surface area contributed by atoms with Crippen molar-refractivity contribution in [2.45, 2.75) is 57.2 Å². The van der Waals surface area contributed by atoms with Crippen molar-refractivity contribution in [1.29, 1.82) is 5.26 Å². The molecule has 1 aliphatic carbocycles. The molecule has 0 N–H and O–H groups in total. The second-order valence-corrected chi connectivity index (χ2v) is 12.7. The summed E-state index contributed by atoms with van der Waals surface area (Å²) < 4.78 is 6.44. The largest absolute Gasteiger partial charge is 0.462 e. The van der Waals surface area contributed by atoms with Crippen LogP contribution in [0.15, 0.2) is 55.1 Å². The highest BCUT2D eigenvalue weighted by Gasteiger charge is 2.34. The summed E-state index contributed by atoms with van der Waals surface area (Å²) in [6.07, 6.45) is 7.48. The fourth-order valence-corrected chi connectivity index (χ4v) is 7.27. The zero-order chi connectivity index (χ0) is 30.0. The maximum Gasteiger partial charge on any atom is 0.318 e. The molecule has 9 heteroatoms. The third kappa shape index (κ3) is 5.83. The van der Waals surface area contributed by atoms with Crippen LogP contribution in [0.3, 0.4) is 0 Å². The van der Waals surface area contributed by atoms with Crippen molar-refractivity contribution in [2.75, 3.05) is 55.7 Å². The molecule has 7 rings (SSSR count). The molecule has 2 saturated heterocycles. The lowest BCUT2D eigenvalue weighted by atomic mass is 10.0. The van der Waals surface area contributed by atoms with Crippen molar-refractivity contribution < 1.29 is 9.53 Å². The van der Waals surface area contributed by atoms with Crippen LogP contribution in [0, 0.1) is 17.2 Å². The van der Waals surface area contributed by atoms with E-state index in [0.29, 0.717) is 44.8 Å². The standard InChI is InChI=1S/C35H41N7O2/c1-2-33(43)42-20-19-41(22-27(42)14-16-36)34-30-15-18-40(32-11-5-8-26-7-3-4-10-29(26)32)23-31(30)37-35(38-34)44-24-28-9-6-17-39(28)21-25-12-13-25/h2-5,7-8,10-11,25,27-28H,1,6,9,12-15,17-24H2. The second-order valence-electron chi connectivity index (χ2n) is 12.7. The van der Waals surface area contributed by atoms with Crippen LogP contribution < -0.4 is 14.5 Å². The number of amides is 1. The van der Waals surface area contributed by atoms with Gasteiger partial charge < -0.3 is 19.4 Å². The maximum atomic E-state index is 12.6. The van der Waals surface area contributed by atoms with Crippen LogP contribution >= 0.6 is 0 Å². The van der Waals surface area contributed by atoms with E-state index in [2.05, 4.69) is 69.8 Å². The quantitative estimate of drug-likeness (QED) is 0.335. The number of likely N-dealkylation sites (tertiary alicyclic amines) is 1. The Bertz CT molecular complexity index is 1580. The van der Waals surface area contributed by atoms with Crippen LogP contribution in [-0.4, -0.2) is 83.6 Å². The summed E-state index contributed by atoms with van der Waals surface area (Å²) in [6.45, 7) is 9.81.